The molecule has 0 atom stereocenters. The maximum absolute atomic E-state index is 11.4. The topological polar surface area (TPSA) is 123 Å². The number of carbonyl (C=O) groups is 1. The second kappa shape index (κ2) is 9.99. The van der Waals surface area contributed by atoms with E-state index >= 15 is 0 Å². The molecule has 0 unspecified atom stereocenters. The van der Waals surface area contributed by atoms with Gasteiger partial charge in [0.25, 0.3) is 6.01 Å². The highest BCUT2D eigenvalue weighted by Crippen LogP contribution is 2.36. The van der Waals surface area contributed by atoms with Crippen LogP contribution in [-0.2, 0) is 6.54 Å². The van der Waals surface area contributed by atoms with Gasteiger partial charge in [-0.1, -0.05) is 0 Å². The Labute approximate surface area is 192 Å². The second-order valence-corrected chi connectivity index (χ2v) is 7.96. The van der Waals surface area contributed by atoms with Crippen LogP contribution in [0.1, 0.15) is 42.6 Å². The van der Waals surface area contributed by atoms with E-state index in [2.05, 4.69) is 15.2 Å². The summed E-state index contributed by atoms with van der Waals surface area (Å²) < 4.78 is 17.6. The molecular weight excluding hydrogens is 424 g/mol. The van der Waals surface area contributed by atoms with Gasteiger partial charge in [0.2, 0.25) is 0 Å². The first-order chi connectivity index (χ1) is 16.0. The molecular formula is C24H30N4O5. The average molecular weight is 455 g/mol. The van der Waals surface area contributed by atoms with E-state index in [0.29, 0.717) is 54.1 Å². The number of benzene rings is 2. The van der Waals surface area contributed by atoms with E-state index in [1.165, 1.54) is 12.1 Å². The molecule has 9 heteroatoms. The average Bonchev–Trinajstić information content (AvgIpc) is 3.24. The molecule has 0 aliphatic carbocycles. The minimum Gasteiger partial charge on any atom is -0.492 e. The third kappa shape index (κ3) is 4.98. The number of nitrogen functional groups attached to an aromatic ring is 1. The van der Waals surface area contributed by atoms with Crippen LogP contribution in [0.25, 0.3) is 11.1 Å². The van der Waals surface area contributed by atoms with Crippen LogP contribution in [0, 0.1) is 0 Å². The smallest absolute Gasteiger partial charge is 0.335 e. The molecule has 0 spiro atoms. The number of hydrogen-bond donors (Lipinski definition) is 3. The van der Waals surface area contributed by atoms with Crippen LogP contribution in [0.5, 0.6) is 11.5 Å². The van der Waals surface area contributed by atoms with Crippen molar-refractivity contribution < 1.29 is 23.8 Å². The summed E-state index contributed by atoms with van der Waals surface area (Å²) in [5.74, 6) is 0.179. The van der Waals surface area contributed by atoms with Crippen LogP contribution in [0.2, 0.25) is 0 Å². The fourth-order valence-electron chi connectivity index (χ4n) is 4.13. The number of nitrogens with one attached hydrogen (secondary N) is 1. The predicted molar refractivity (Wildman–Crippen MR) is 126 cm³/mol. The number of fused-ring (bicyclic) bond motifs is 1. The number of nitrogens with two attached hydrogens (primary N) is 1. The third-order valence-corrected chi connectivity index (χ3v) is 5.74. The van der Waals surface area contributed by atoms with Gasteiger partial charge in [0.15, 0.2) is 5.58 Å². The van der Waals surface area contributed by atoms with Gasteiger partial charge in [-0.25, -0.2) is 4.79 Å². The molecule has 4 N–H and O–H groups in total. The molecule has 1 fully saturated rings. The summed E-state index contributed by atoms with van der Waals surface area (Å²) in [5, 5.41) is 12.7. The molecule has 0 amide bonds. The highest BCUT2D eigenvalue weighted by Gasteiger charge is 2.26. The second-order valence-electron chi connectivity index (χ2n) is 7.96. The van der Waals surface area contributed by atoms with Crippen molar-refractivity contribution in [3.8, 4) is 11.5 Å². The number of ether oxygens (including phenoxy) is 2. The van der Waals surface area contributed by atoms with Crippen molar-refractivity contribution in [1.29, 1.82) is 0 Å². The van der Waals surface area contributed by atoms with Crippen molar-refractivity contribution in [2.24, 2.45) is 0 Å². The molecule has 2 heterocycles. The molecule has 0 saturated carbocycles. The van der Waals surface area contributed by atoms with Crippen LogP contribution in [0.3, 0.4) is 0 Å². The fourth-order valence-corrected chi connectivity index (χ4v) is 4.13. The summed E-state index contributed by atoms with van der Waals surface area (Å²) in [4.78, 5) is 18.2. The van der Waals surface area contributed by atoms with Crippen molar-refractivity contribution >= 4 is 28.8 Å². The molecule has 1 aromatic heterocycles. The number of hydrogen-bond acceptors (Lipinski definition) is 8. The normalized spacial score (nSPS) is 14.4. The van der Waals surface area contributed by atoms with E-state index in [4.69, 9.17) is 19.6 Å². The molecule has 176 valence electrons. The number of nitrogens with zero attached hydrogens (tertiary/aromatic N) is 2. The van der Waals surface area contributed by atoms with Crippen LogP contribution >= 0.6 is 0 Å². The molecule has 2 aromatic carbocycles. The molecule has 4 rings (SSSR count). The van der Waals surface area contributed by atoms with Gasteiger partial charge in [-0.2, -0.15) is 4.98 Å². The van der Waals surface area contributed by atoms with E-state index in [1.54, 1.807) is 6.07 Å². The van der Waals surface area contributed by atoms with Gasteiger partial charge in [-0.3, -0.25) is 0 Å². The van der Waals surface area contributed by atoms with Gasteiger partial charge in [0, 0.05) is 12.6 Å². The van der Waals surface area contributed by atoms with Crippen molar-refractivity contribution in [1.82, 2.24) is 10.3 Å². The highest BCUT2D eigenvalue weighted by molar-refractivity contribution is 5.92. The minimum absolute atomic E-state index is 0.167. The van der Waals surface area contributed by atoms with Gasteiger partial charge in [0.05, 0.1) is 18.8 Å². The van der Waals surface area contributed by atoms with Crippen molar-refractivity contribution in [3.05, 3.63) is 41.5 Å². The monoisotopic (exact) mass is 454 g/mol. The van der Waals surface area contributed by atoms with Gasteiger partial charge in [-0.15, -0.1) is 0 Å². The molecule has 0 radical (unpaired) electrons. The SMILES string of the molecule is CCOc1cc(CN(c2nc3ccc(C(=O)O)cc3o2)C2CCNCC2)cc(OCC)c1N. The van der Waals surface area contributed by atoms with Gasteiger partial charge in [0.1, 0.15) is 22.7 Å². The summed E-state index contributed by atoms with van der Waals surface area (Å²) in [6.07, 6.45) is 1.87. The Hall–Kier alpha value is -3.46. The number of anilines is 2. The summed E-state index contributed by atoms with van der Waals surface area (Å²) >= 11 is 0. The predicted octanol–water partition coefficient (Wildman–Crippen LogP) is 3.66. The molecule has 1 aliphatic rings. The maximum atomic E-state index is 11.4. The summed E-state index contributed by atoms with van der Waals surface area (Å²) in [5.41, 5.74) is 8.93. The molecule has 0 bridgehead atoms. The Balaban J connectivity index is 1.72. The Kier molecular flexibility index (Phi) is 6.88. The van der Waals surface area contributed by atoms with Gasteiger partial charge in [-0.05, 0) is 75.7 Å². The lowest BCUT2D eigenvalue weighted by atomic mass is 10.0. The minimum atomic E-state index is -1.00. The highest BCUT2D eigenvalue weighted by atomic mass is 16.5. The van der Waals surface area contributed by atoms with Crippen molar-refractivity contribution in [2.45, 2.75) is 39.3 Å². The first kappa shape index (κ1) is 22.7. The first-order valence-electron chi connectivity index (χ1n) is 11.3. The first-order valence-corrected chi connectivity index (χ1v) is 11.3. The number of carboxylic acid groups (broad SMARTS) is 1. The van der Waals surface area contributed by atoms with Crippen LogP contribution in [-0.4, -0.2) is 48.4 Å². The number of aromatic carboxylic acids is 1. The van der Waals surface area contributed by atoms with E-state index in [0.717, 1.165) is 31.5 Å². The lowest BCUT2D eigenvalue weighted by Gasteiger charge is -2.33. The lowest BCUT2D eigenvalue weighted by molar-refractivity contribution is 0.0697. The summed E-state index contributed by atoms with van der Waals surface area (Å²) in [6.45, 7) is 7.14. The molecule has 1 aliphatic heterocycles. The third-order valence-electron chi connectivity index (χ3n) is 5.74. The summed E-state index contributed by atoms with van der Waals surface area (Å²) in [7, 11) is 0. The van der Waals surface area contributed by atoms with Crippen molar-refractivity contribution in [3.63, 3.8) is 0 Å². The zero-order valence-corrected chi connectivity index (χ0v) is 19.0. The zero-order chi connectivity index (χ0) is 23.4. The van der Waals surface area contributed by atoms with Crippen molar-refractivity contribution in [2.75, 3.05) is 36.9 Å². The van der Waals surface area contributed by atoms with E-state index in [9.17, 15) is 9.90 Å². The Bertz CT molecular complexity index is 1100. The van der Waals surface area contributed by atoms with Gasteiger partial charge >= 0.3 is 5.97 Å². The Morgan fingerprint density at radius 2 is 1.85 bits per heavy atom. The number of oxazole rings is 1. The number of rotatable bonds is 9. The van der Waals surface area contributed by atoms with E-state index in [1.807, 2.05) is 26.0 Å². The lowest BCUT2D eigenvalue weighted by Crippen LogP contribution is -2.43. The fraction of sp³-hybridized carbons (Fsp3) is 0.417. The number of aromatic nitrogens is 1. The van der Waals surface area contributed by atoms with Crippen LogP contribution in [0.15, 0.2) is 34.7 Å². The maximum Gasteiger partial charge on any atom is 0.335 e. The number of carboxylic acids is 1. The molecule has 1 saturated heterocycles. The molecule has 3 aromatic rings. The van der Waals surface area contributed by atoms with Crippen LogP contribution < -0.4 is 25.4 Å². The molecule has 33 heavy (non-hydrogen) atoms. The van der Waals surface area contributed by atoms with Gasteiger partial charge < -0.3 is 34.9 Å². The van der Waals surface area contributed by atoms with E-state index < -0.39 is 5.97 Å². The van der Waals surface area contributed by atoms with Crippen LogP contribution in [0.4, 0.5) is 11.7 Å². The zero-order valence-electron chi connectivity index (χ0n) is 19.0. The Morgan fingerprint density at radius 1 is 1.18 bits per heavy atom. The standard InChI is InChI=1S/C24H30N4O5/c1-3-31-20-11-15(12-21(22(20)25)32-4-2)14-28(17-7-9-26-10-8-17)24-27-18-6-5-16(23(29)30)13-19(18)33-24/h5-6,11-13,17,26H,3-4,7-10,14,25H2,1-2H3,(H,29,30). The quantitative estimate of drug-likeness (QED) is 0.416. The largest absolute Gasteiger partial charge is 0.492 e. The summed E-state index contributed by atoms with van der Waals surface area (Å²) in [6, 6.07) is 9.26. The molecule has 9 nitrogen and oxygen atoms in total. The number of piperidine rings is 1. The van der Waals surface area contributed by atoms with E-state index in [-0.39, 0.29) is 11.6 Å². The Morgan fingerprint density at radius 3 is 2.45 bits per heavy atom.